The van der Waals surface area contributed by atoms with E-state index in [0.717, 1.165) is 78.4 Å². The van der Waals surface area contributed by atoms with Gasteiger partial charge in [0.25, 0.3) is 0 Å². The molecule has 10 heteroatoms. The first-order valence-corrected chi connectivity index (χ1v) is 25.7. The normalized spacial score (nSPS) is 38.5. The first-order chi connectivity index (χ1) is 31.1. The van der Waals surface area contributed by atoms with Crippen LogP contribution < -0.4 is 5.32 Å². The van der Waals surface area contributed by atoms with Gasteiger partial charge in [0.2, 0.25) is 0 Å². The number of aryl methyl sites for hydroxylation is 2. The van der Waals surface area contributed by atoms with Crippen molar-refractivity contribution in [1.82, 2.24) is 14.9 Å². The summed E-state index contributed by atoms with van der Waals surface area (Å²) in [6.45, 7) is 22.4. The molecule has 2 aromatic heterocycles. The number of aromatic amines is 1. The topological polar surface area (TPSA) is 149 Å². The summed E-state index contributed by atoms with van der Waals surface area (Å²) in [6.07, 6.45) is 8.96. The lowest BCUT2D eigenvalue weighted by Gasteiger charge is -2.70. The van der Waals surface area contributed by atoms with Crippen LogP contribution in [0.1, 0.15) is 153 Å². The predicted octanol–water partition coefficient (Wildman–Crippen LogP) is 8.59. The zero-order valence-corrected chi connectivity index (χ0v) is 41.7. The number of hydrogen-bond acceptors (Lipinski definition) is 8. The third-order valence-electron chi connectivity index (χ3n) is 20.3. The van der Waals surface area contributed by atoms with Gasteiger partial charge in [0.05, 0.1) is 34.4 Å². The Morgan fingerprint density at radius 3 is 2.39 bits per heavy atom. The highest BCUT2D eigenvalue weighted by molar-refractivity contribution is 6.02. The van der Waals surface area contributed by atoms with Crippen LogP contribution in [0.25, 0.3) is 11.0 Å². The minimum atomic E-state index is -0.919. The molecule has 0 spiro atoms. The summed E-state index contributed by atoms with van der Waals surface area (Å²) in [7, 11) is 1.96. The zero-order chi connectivity index (χ0) is 47.1. The van der Waals surface area contributed by atoms with Crippen molar-refractivity contribution in [2.45, 2.75) is 182 Å². The molecule has 0 amide bonds. The van der Waals surface area contributed by atoms with E-state index >= 15 is 4.79 Å². The van der Waals surface area contributed by atoms with E-state index in [1.165, 1.54) is 22.3 Å². The molecule has 0 radical (unpaired) electrons. The second kappa shape index (κ2) is 15.7. The van der Waals surface area contributed by atoms with Crippen LogP contribution in [0.2, 0.25) is 0 Å². The molecular weight excluding hydrogens is 827 g/mol. The molecule has 0 bridgehead atoms. The highest BCUT2D eigenvalue weighted by Gasteiger charge is 2.73. The minimum Gasteiger partial charge on any atom is -0.392 e. The fraction of sp³-hybridized carbons (Fsp3) is 0.714. The maximum absolute atomic E-state index is 15.4. The number of carbonyl (C=O) groups excluding carboxylic acids is 2. The molecule has 10 nitrogen and oxygen atoms in total. The molecule has 3 aromatic rings. The summed E-state index contributed by atoms with van der Waals surface area (Å²) in [5.41, 5.74) is 7.44. The number of benzene rings is 1. The second-order valence-corrected chi connectivity index (χ2v) is 24.4. The van der Waals surface area contributed by atoms with Gasteiger partial charge in [0.15, 0.2) is 5.78 Å². The summed E-state index contributed by atoms with van der Waals surface area (Å²) in [5.74, 6) is 0.144. The molecule has 11 unspecified atom stereocenters. The Balaban J connectivity index is 1.15. The first kappa shape index (κ1) is 46.6. The molecule has 360 valence electrons. The maximum atomic E-state index is 15.4. The number of rotatable bonds is 10. The molecule has 5 heterocycles. The number of ether oxygens (including phenoxy) is 2. The van der Waals surface area contributed by atoms with E-state index in [9.17, 15) is 20.1 Å². The lowest BCUT2D eigenvalue weighted by molar-refractivity contribution is -0.222. The number of nitrogens with one attached hydrogen (secondary N) is 2. The molecule has 5 fully saturated rings. The fourth-order valence-electron chi connectivity index (χ4n) is 16.7. The number of carbonyl (C=O) groups is 2. The van der Waals surface area contributed by atoms with Crippen LogP contribution in [0, 0.1) is 51.8 Å². The minimum absolute atomic E-state index is 0.116. The number of fused-ring (bicyclic) bond motifs is 4. The molecule has 5 N–H and O–H groups in total. The maximum Gasteiger partial charge on any atom is 0.160 e. The molecular formula is C56H79N3O7. The molecule has 1 aromatic carbocycles. The average Bonchev–Trinajstić information content (AvgIpc) is 3.48. The van der Waals surface area contributed by atoms with Crippen molar-refractivity contribution in [2.24, 2.45) is 44.8 Å². The summed E-state index contributed by atoms with van der Waals surface area (Å²) >= 11 is 0. The van der Waals surface area contributed by atoms with Crippen LogP contribution in [-0.2, 0) is 50.5 Å². The monoisotopic (exact) mass is 906 g/mol. The molecule has 2 saturated heterocycles. The standard InChI is InChI=1S/C56H79N3O7/c1-11-38-36(27-33-24-32(2)25-35(26-33)56(64)19-22-65-23-20-56)45-46-34(30-58-45)12-15-51(5,28-40(61)49-50(3,4)66-49)44-39(60)29-55(9)43(44)37(31-59(38)46)47(63)48-53(7)16-14-42(62)52(6,18-21-57-10)41(53)13-17-54(48,55)8/h24-26,30,37,40-41,47-49,57-58,61,63-64H,11-23,27-29,31H2,1-10H3. The van der Waals surface area contributed by atoms with Crippen LogP contribution in [-0.4, -0.2) is 87.2 Å². The highest BCUT2D eigenvalue weighted by Crippen LogP contribution is 2.76. The number of hydrogen-bond donors (Lipinski definition) is 5. The molecule has 3 aliphatic heterocycles. The SMILES string of the molecule is CCc1c(Cc2cc(C)cc(C3(O)CCOCC3)c2)c2[nH]cc3c2n1CC1C2=C(C(=O)CC2(C)C2(C)CCC4C(C)(CCNC)C(=O)CCC4(C)C2C1O)C(C)(CC(O)C1OC1(C)C)CC3. The van der Waals surface area contributed by atoms with Crippen LogP contribution >= 0.6 is 0 Å². The first-order valence-electron chi connectivity index (χ1n) is 25.7. The molecule has 10 rings (SSSR count). The van der Waals surface area contributed by atoms with Gasteiger partial charge in [0, 0.05) is 91.6 Å². The number of aromatic nitrogens is 2. The van der Waals surface area contributed by atoms with Crippen molar-refractivity contribution in [3.05, 3.63) is 69.1 Å². The molecule has 7 aliphatic rings. The van der Waals surface area contributed by atoms with Crippen LogP contribution in [0.15, 0.2) is 35.5 Å². The van der Waals surface area contributed by atoms with Crippen LogP contribution in [0.5, 0.6) is 0 Å². The Hall–Kier alpha value is -3.12. The van der Waals surface area contributed by atoms with E-state index in [1.54, 1.807) is 0 Å². The third kappa shape index (κ3) is 6.67. The van der Waals surface area contributed by atoms with E-state index in [-0.39, 0.29) is 35.1 Å². The summed E-state index contributed by atoms with van der Waals surface area (Å²) < 4.78 is 14.3. The smallest absolute Gasteiger partial charge is 0.160 e. The predicted molar refractivity (Wildman–Crippen MR) is 257 cm³/mol. The lowest BCUT2D eigenvalue weighted by atomic mass is 9.34. The number of ketones is 2. The van der Waals surface area contributed by atoms with Crippen molar-refractivity contribution in [2.75, 3.05) is 26.8 Å². The number of aliphatic hydroxyl groups excluding tert-OH is 2. The van der Waals surface area contributed by atoms with Gasteiger partial charge in [-0.2, -0.15) is 0 Å². The Labute approximate surface area is 393 Å². The van der Waals surface area contributed by atoms with E-state index in [0.29, 0.717) is 70.5 Å². The molecule has 3 saturated carbocycles. The average molecular weight is 906 g/mol. The Morgan fingerprint density at radius 1 is 0.985 bits per heavy atom. The van der Waals surface area contributed by atoms with Crippen molar-refractivity contribution in [3.8, 4) is 0 Å². The summed E-state index contributed by atoms with van der Waals surface area (Å²) in [4.78, 5) is 33.4. The van der Waals surface area contributed by atoms with Crippen molar-refractivity contribution >= 4 is 22.6 Å². The van der Waals surface area contributed by atoms with Gasteiger partial charge in [-0.3, -0.25) is 9.59 Å². The largest absolute Gasteiger partial charge is 0.392 e. The lowest BCUT2D eigenvalue weighted by Crippen LogP contribution is -2.68. The number of Topliss-reactive ketones (excluding diaryl/α,β-unsaturated/α-hetero) is 2. The summed E-state index contributed by atoms with van der Waals surface area (Å²) in [5, 5.41) is 41.1. The zero-order valence-electron chi connectivity index (χ0n) is 41.7. The van der Waals surface area contributed by atoms with Gasteiger partial charge in [0.1, 0.15) is 11.9 Å². The van der Waals surface area contributed by atoms with Gasteiger partial charge in [-0.05, 0) is 136 Å². The summed E-state index contributed by atoms with van der Waals surface area (Å²) in [6, 6.07) is 6.60. The molecule has 66 heavy (non-hydrogen) atoms. The number of allylic oxidation sites excluding steroid dienone is 1. The Bertz CT molecular complexity index is 2490. The Kier molecular flexibility index (Phi) is 11.1. The molecule has 11 atom stereocenters. The van der Waals surface area contributed by atoms with E-state index in [1.807, 2.05) is 20.9 Å². The van der Waals surface area contributed by atoms with Gasteiger partial charge < -0.3 is 39.7 Å². The van der Waals surface area contributed by atoms with Gasteiger partial charge in [-0.1, -0.05) is 65.3 Å². The molecule has 4 aliphatic carbocycles. The van der Waals surface area contributed by atoms with Gasteiger partial charge in [-0.15, -0.1) is 0 Å². The van der Waals surface area contributed by atoms with E-state index in [4.69, 9.17) is 9.47 Å². The van der Waals surface area contributed by atoms with Gasteiger partial charge in [-0.25, -0.2) is 0 Å². The highest BCUT2D eigenvalue weighted by atomic mass is 16.6. The number of epoxide rings is 1. The quantitative estimate of drug-likeness (QED) is 0.127. The Morgan fingerprint density at radius 2 is 1.71 bits per heavy atom. The number of nitrogens with zero attached hydrogens (tertiary/aromatic N) is 1. The third-order valence-corrected chi connectivity index (χ3v) is 20.3. The van der Waals surface area contributed by atoms with Crippen molar-refractivity contribution < 1.29 is 34.4 Å². The van der Waals surface area contributed by atoms with Crippen LogP contribution in [0.3, 0.4) is 0 Å². The second-order valence-electron chi connectivity index (χ2n) is 24.4. The van der Waals surface area contributed by atoms with E-state index in [2.05, 4.69) is 87.7 Å². The fourth-order valence-corrected chi connectivity index (χ4v) is 16.7. The van der Waals surface area contributed by atoms with Crippen molar-refractivity contribution in [3.63, 3.8) is 0 Å². The van der Waals surface area contributed by atoms with Gasteiger partial charge >= 0.3 is 0 Å². The van der Waals surface area contributed by atoms with E-state index < -0.39 is 45.1 Å². The number of aliphatic hydroxyl groups is 3. The van der Waals surface area contributed by atoms with Crippen molar-refractivity contribution in [1.29, 1.82) is 0 Å². The van der Waals surface area contributed by atoms with Crippen LogP contribution in [0.4, 0.5) is 0 Å². The number of H-pyrrole nitrogens is 1.